The third-order valence-electron chi connectivity index (χ3n) is 1.97. The molecule has 0 spiro atoms. The molecular formula is C10H17N3O2S. The van der Waals surface area contributed by atoms with Gasteiger partial charge >= 0.3 is 0 Å². The van der Waals surface area contributed by atoms with E-state index in [1.807, 2.05) is 14.1 Å². The van der Waals surface area contributed by atoms with E-state index in [0.717, 1.165) is 23.8 Å². The highest BCUT2D eigenvalue weighted by Gasteiger charge is 2.08. The smallest absolute Gasteiger partial charge is 0.268 e. The summed E-state index contributed by atoms with van der Waals surface area (Å²) >= 11 is 1.77. The van der Waals surface area contributed by atoms with E-state index >= 15 is 0 Å². The second-order valence-corrected chi connectivity index (χ2v) is 4.74. The van der Waals surface area contributed by atoms with Gasteiger partial charge in [-0.15, -0.1) is 0 Å². The number of hydrogen-bond acceptors (Lipinski definition) is 5. The molecule has 0 aliphatic rings. The van der Waals surface area contributed by atoms with Gasteiger partial charge in [0.05, 0.1) is 11.3 Å². The first kappa shape index (κ1) is 13.1. The Morgan fingerprint density at radius 3 is 3.00 bits per heavy atom. The number of carbonyl (C=O) groups is 1. The highest BCUT2D eigenvalue weighted by atomic mass is 32.2. The molecule has 0 fully saturated rings. The molecule has 6 heteroatoms. The predicted molar refractivity (Wildman–Crippen MR) is 65.1 cm³/mol. The average Bonchev–Trinajstić information content (AvgIpc) is 2.71. The monoisotopic (exact) mass is 243 g/mol. The van der Waals surface area contributed by atoms with E-state index in [0.29, 0.717) is 5.56 Å². The first-order valence-electron chi connectivity index (χ1n) is 4.94. The second kappa shape index (κ2) is 6.57. The molecule has 1 aromatic rings. The van der Waals surface area contributed by atoms with Crippen molar-refractivity contribution >= 4 is 17.7 Å². The average molecular weight is 243 g/mol. The van der Waals surface area contributed by atoms with Gasteiger partial charge in [0.2, 0.25) is 0 Å². The number of carbonyl (C=O) groups excluding carboxylic acids is 1. The quantitative estimate of drug-likeness (QED) is 0.333. The van der Waals surface area contributed by atoms with Crippen LogP contribution in [0, 0.1) is 0 Å². The number of thioether (sulfide) groups is 1. The SMILES string of the molecule is CN(C)CCSCc1cc(C(=O)NN)co1. The molecule has 0 atom stereocenters. The van der Waals surface area contributed by atoms with E-state index in [-0.39, 0.29) is 5.91 Å². The van der Waals surface area contributed by atoms with Gasteiger partial charge in [0, 0.05) is 12.3 Å². The Morgan fingerprint density at radius 1 is 1.62 bits per heavy atom. The van der Waals surface area contributed by atoms with E-state index in [2.05, 4.69) is 10.3 Å². The summed E-state index contributed by atoms with van der Waals surface area (Å²) < 4.78 is 5.24. The van der Waals surface area contributed by atoms with Crippen LogP contribution in [0.25, 0.3) is 0 Å². The zero-order valence-electron chi connectivity index (χ0n) is 9.53. The zero-order chi connectivity index (χ0) is 12.0. The number of amides is 1. The number of furan rings is 1. The van der Waals surface area contributed by atoms with Crippen LogP contribution in [-0.4, -0.2) is 37.2 Å². The number of nitrogen functional groups attached to an aromatic ring is 1. The summed E-state index contributed by atoms with van der Waals surface area (Å²) in [6.07, 6.45) is 1.42. The number of nitrogens with zero attached hydrogens (tertiary/aromatic N) is 1. The van der Waals surface area contributed by atoms with Crippen LogP contribution in [-0.2, 0) is 5.75 Å². The molecule has 1 aromatic heterocycles. The van der Waals surface area contributed by atoms with Crippen molar-refractivity contribution in [2.75, 3.05) is 26.4 Å². The maximum absolute atomic E-state index is 11.1. The van der Waals surface area contributed by atoms with Crippen molar-refractivity contribution in [1.29, 1.82) is 0 Å². The summed E-state index contributed by atoms with van der Waals surface area (Å²) in [6, 6.07) is 1.71. The third kappa shape index (κ3) is 4.26. The van der Waals surface area contributed by atoms with Crippen LogP contribution in [0.15, 0.2) is 16.7 Å². The molecular weight excluding hydrogens is 226 g/mol. The summed E-state index contributed by atoms with van der Waals surface area (Å²) in [5, 5.41) is 0. The second-order valence-electron chi connectivity index (χ2n) is 3.63. The van der Waals surface area contributed by atoms with Gasteiger partial charge in [-0.3, -0.25) is 10.2 Å². The van der Waals surface area contributed by atoms with E-state index in [1.165, 1.54) is 6.26 Å². The summed E-state index contributed by atoms with van der Waals surface area (Å²) in [4.78, 5) is 13.3. The fourth-order valence-corrected chi connectivity index (χ4v) is 2.07. The van der Waals surface area contributed by atoms with Crippen LogP contribution in [0.3, 0.4) is 0 Å². The fourth-order valence-electron chi connectivity index (χ4n) is 1.08. The van der Waals surface area contributed by atoms with Crippen LogP contribution in [0.5, 0.6) is 0 Å². The Morgan fingerprint density at radius 2 is 2.38 bits per heavy atom. The minimum Gasteiger partial charge on any atom is -0.468 e. The van der Waals surface area contributed by atoms with Crippen LogP contribution in [0.2, 0.25) is 0 Å². The molecule has 0 radical (unpaired) electrons. The van der Waals surface area contributed by atoms with Gasteiger partial charge in [-0.2, -0.15) is 11.8 Å². The Balaban J connectivity index is 2.32. The highest BCUT2D eigenvalue weighted by Crippen LogP contribution is 2.15. The van der Waals surface area contributed by atoms with E-state index in [9.17, 15) is 4.79 Å². The molecule has 5 nitrogen and oxygen atoms in total. The van der Waals surface area contributed by atoms with Gasteiger partial charge < -0.3 is 9.32 Å². The Labute approximate surface area is 99.3 Å². The van der Waals surface area contributed by atoms with Crippen LogP contribution in [0.4, 0.5) is 0 Å². The standard InChI is InChI=1S/C10H17N3O2S/c1-13(2)3-4-16-7-9-5-8(6-15-9)10(14)12-11/h5-6H,3-4,7,11H2,1-2H3,(H,12,14). The number of nitrogens with one attached hydrogen (secondary N) is 1. The Bertz CT molecular complexity index is 339. The third-order valence-corrected chi connectivity index (χ3v) is 2.93. The van der Waals surface area contributed by atoms with Crippen molar-refractivity contribution in [2.24, 2.45) is 5.84 Å². The molecule has 0 saturated carbocycles. The van der Waals surface area contributed by atoms with Gasteiger partial charge in [0.15, 0.2) is 0 Å². The lowest BCUT2D eigenvalue weighted by Crippen LogP contribution is -2.29. The van der Waals surface area contributed by atoms with Crippen LogP contribution in [0.1, 0.15) is 16.1 Å². The van der Waals surface area contributed by atoms with E-state index in [1.54, 1.807) is 17.8 Å². The van der Waals surface area contributed by atoms with Gasteiger partial charge in [-0.1, -0.05) is 0 Å². The van der Waals surface area contributed by atoms with Crippen molar-refractivity contribution < 1.29 is 9.21 Å². The van der Waals surface area contributed by atoms with Crippen molar-refractivity contribution in [3.63, 3.8) is 0 Å². The number of rotatable bonds is 6. The normalized spacial score (nSPS) is 10.8. The fraction of sp³-hybridized carbons (Fsp3) is 0.500. The topological polar surface area (TPSA) is 71.5 Å². The molecule has 0 aromatic carbocycles. The first-order valence-corrected chi connectivity index (χ1v) is 6.09. The van der Waals surface area contributed by atoms with Crippen molar-refractivity contribution in [1.82, 2.24) is 10.3 Å². The van der Waals surface area contributed by atoms with Gasteiger partial charge in [0.1, 0.15) is 12.0 Å². The molecule has 1 heterocycles. The largest absolute Gasteiger partial charge is 0.468 e. The molecule has 0 bridgehead atoms. The molecule has 90 valence electrons. The number of hydrazine groups is 1. The van der Waals surface area contributed by atoms with E-state index < -0.39 is 0 Å². The first-order chi connectivity index (χ1) is 7.63. The van der Waals surface area contributed by atoms with Crippen molar-refractivity contribution in [3.05, 3.63) is 23.7 Å². The molecule has 0 aliphatic carbocycles. The lowest BCUT2D eigenvalue weighted by molar-refractivity contribution is 0.0953. The molecule has 0 unspecified atom stereocenters. The minimum atomic E-state index is -0.326. The highest BCUT2D eigenvalue weighted by molar-refractivity contribution is 7.98. The van der Waals surface area contributed by atoms with Crippen molar-refractivity contribution in [2.45, 2.75) is 5.75 Å². The lowest BCUT2D eigenvalue weighted by atomic mass is 10.3. The molecule has 0 aliphatic heterocycles. The molecule has 1 amide bonds. The van der Waals surface area contributed by atoms with Gasteiger partial charge in [0.25, 0.3) is 5.91 Å². The molecule has 3 N–H and O–H groups in total. The maximum Gasteiger partial charge on any atom is 0.268 e. The maximum atomic E-state index is 11.1. The lowest BCUT2D eigenvalue weighted by Gasteiger charge is -2.07. The summed E-state index contributed by atoms with van der Waals surface area (Å²) in [6.45, 7) is 1.03. The number of nitrogens with two attached hydrogens (primary N) is 1. The summed E-state index contributed by atoms with van der Waals surface area (Å²) in [5.74, 6) is 7.29. The van der Waals surface area contributed by atoms with Crippen molar-refractivity contribution in [3.8, 4) is 0 Å². The zero-order valence-corrected chi connectivity index (χ0v) is 10.3. The number of hydrogen-bond donors (Lipinski definition) is 2. The summed E-state index contributed by atoms with van der Waals surface area (Å²) in [5.41, 5.74) is 2.53. The van der Waals surface area contributed by atoms with E-state index in [4.69, 9.17) is 10.3 Å². The Hall–Kier alpha value is -0.980. The summed E-state index contributed by atoms with van der Waals surface area (Å²) in [7, 11) is 4.08. The molecule has 1 rings (SSSR count). The van der Waals surface area contributed by atoms with Crippen LogP contribution < -0.4 is 11.3 Å². The minimum absolute atomic E-state index is 0.326. The predicted octanol–water partition coefficient (Wildman–Crippen LogP) is 0.678. The van der Waals surface area contributed by atoms with Crippen LogP contribution >= 0.6 is 11.8 Å². The Kier molecular flexibility index (Phi) is 5.37. The van der Waals surface area contributed by atoms with Gasteiger partial charge in [-0.25, -0.2) is 5.84 Å². The molecule has 16 heavy (non-hydrogen) atoms. The molecule has 0 saturated heterocycles. The van der Waals surface area contributed by atoms with Gasteiger partial charge in [-0.05, 0) is 20.2 Å².